The molecule has 0 saturated carbocycles. The van der Waals surface area contributed by atoms with Gasteiger partial charge in [-0.25, -0.2) is 0 Å². The Morgan fingerprint density at radius 1 is 1.19 bits per heavy atom. The summed E-state index contributed by atoms with van der Waals surface area (Å²) in [5, 5.41) is 0.962. The van der Waals surface area contributed by atoms with Crippen molar-refractivity contribution in [2.24, 2.45) is 0 Å². The number of nitrogens with zero attached hydrogens (tertiary/aromatic N) is 2. The molecule has 0 aliphatic heterocycles. The molecule has 2 aromatic heterocycles. The molecule has 4 nitrogen and oxygen atoms in total. The standard InChI is InChI=1S/C17H17N3O/c1-2-15(14-8-5-6-10-19-14)20-16-9-4-3-7-12(16)11-13(18)17(20)21/h3-11,15H,2,18H2,1H3. The highest BCUT2D eigenvalue weighted by atomic mass is 16.1. The Morgan fingerprint density at radius 3 is 2.67 bits per heavy atom. The monoisotopic (exact) mass is 279 g/mol. The van der Waals surface area contributed by atoms with Crippen molar-refractivity contribution >= 4 is 16.6 Å². The lowest BCUT2D eigenvalue weighted by molar-refractivity contribution is 0.554. The van der Waals surface area contributed by atoms with Crippen molar-refractivity contribution in [2.75, 3.05) is 5.73 Å². The lowest BCUT2D eigenvalue weighted by Gasteiger charge is -2.20. The summed E-state index contributed by atoms with van der Waals surface area (Å²) in [7, 11) is 0. The normalized spacial score (nSPS) is 12.4. The van der Waals surface area contributed by atoms with Crippen LogP contribution in [-0.4, -0.2) is 9.55 Å². The summed E-state index contributed by atoms with van der Waals surface area (Å²) in [5.41, 5.74) is 7.77. The van der Waals surface area contributed by atoms with Crippen LogP contribution in [0.15, 0.2) is 59.5 Å². The molecule has 2 N–H and O–H groups in total. The number of pyridine rings is 2. The minimum atomic E-state index is -0.161. The van der Waals surface area contributed by atoms with Crippen molar-refractivity contribution < 1.29 is 0 Å². The van der Waals surface area contributed by atoms with Gasteiger partial charge in [0.25, 0.3) is 5.56 Å². The van der Waals surface area contributed by atoms with E-state index < -0.39 is 0 Å². The summed E-state index contributed by atoms with van der Waals surface area (Å²) in [4.78, 5) is 17.0. The predicted octanol–water partition coefficient (Wildman–Crippen LogP) is 2.98. The molecule has 0 saturated heterocycles. The summed E-state index contributed by atoms with van der Waals surface area (Å²) in [6, 6.07) is 15.2. The third-order valence-electron chi connectivity index (χ3n) is 3.70. The number of nitrogens with two attached hydrogens (primary N) is 1. The molecule has 2 heterocycles. The van der Waals surface area contributed by atoms with Gasteiger partial charge in [0.05, 0.1) is 22.9 Å². The first kappa shape index (κ1) is 13.4. The van der Waals surface area contributed by atoms with Crippen molar-refractivity contribution in [3.05, 3.63) is 70.8 Å². The van der Waals surface area contributed by atoms with Gasteiger partial charge in [0.15, 0.2) is 0 Å². The second kappa shape index (κ2) is 5.40. The molecule has 106 valence electrons. The first-order valence-electron chi connectivity index (χ1n) is 7.03. The largest absolute Gasteiger partial charge is 0.394 e. The average Bonchev–Trinajstić information content (AvgIpc) is 2.53. The highest BCUT2D eigenvalue weighted by molar-refractivity contribution is 5.82. The molecule has 0 radical (unpaired) electrons. The van der Waals surface area contributed by atoms with Crippen LogP contribution >= 0.6 is 0 Å². The molecule has 0 aliphatic rings. The highest BCUT2D eigenvalue weighted by Gasteiger charge is 2.18. The van der Waals surface area contributed by atoms with Gasteiger partial charge in [0, 0.05) is 11.6 Å². The summed E-state index contributed by atoms with van der Waals surface area (Å²) < 4.78 is 1.76. The number of nitrogen functional groups attached to an aromatic ring is 1. The van der Waals surface area contributed by atoms with Crippen LogP contribution in [0.1, 0.15) is 25.1 Å². The van der Waals surface area contributed by atoms with Crippen LogP contribution in [0, 0.1) is 0 Å². The maximum Gasteiger partial charge on any atom is 0.274 e. The van der Waals surface area contributed by atoms with E-state index in [9.17, 15) is 4.79 Å². The zero-order valence-electron chi connectivity index (χ0n) is 11.9. The number of benzene rings is 1. The minimum absolute atomic E-state index is 0.118. The van der Waals surface area contributed by atoms with E-state index in [-0.39, 0.29) is 17.3 Å². The quantitative estimate of drug-likeness (QED) is 0.801. The van der Waals surface area contributed by atoms with Gasteiger partial charge in [-0.3, -0.25) is 14.3 Å². The maximum atomic E-state index is 12.6. The van der Waals surface area contributed by atoms with Crippen molar-refractivity contribution in [1.82, 2.24) is 9.55 Å². The molecule has 0 amide bonds. The predicted molar refractivity (Wildman–Crippen MR) is 85.3 cm³/mol. The van der Waals surface area contributed by atoms with Gasteiger partial charge >= 0.3 is 0 Å². The number of fused-ring (bicyclic) bond motifs is 1. The third-order valence-corrected chi connectivity index (χ3v) is 3.70. The average molecular weight is 279 g/mol. The van der Waals surface area contributed by atoms with Gasteiger partial charge in [0.2, 0.25) is 0 Å². The maximum absolute atomic E-state index is 12.6. The topological polar surface area (TPSA) is 60.9 Å². The number of hydrogen-bond donors (Lipinski definition) is 1. The number of anilines is 1. The van der Waals surface area contributed by atoms with E-state index in [0.717, 1.165) is 23.0 Å². The Hall–Kier alpha value is -2.62. The van der Waals surface area contributed by atoms with Crippen molar-refractivity contribution in [3.63, 3.8) is 0 Å². The Bertz CT molecular complexity index is 824. The minimum Gasteiger partial charge on any atom is -0.394 e. The smallest absolute Gasteiger partial charge is 0.274 e. The molecule has 1 unspecified atom stereocenters. The molecule has 3 rings (SSSR count). The molecule has 0 fully saturated rings. The van der Waals surface area contributed by atoms with Crippen LogP contribution in [0.3, 0.4) is 0 Å². The second-order valence-corrected chi connectivity index (χ2v) is 5.01. The fourth-order valence-electron chi connectivity index (χ4n) is 2.71. The van der Waals surface area contributed by atoms with Crippen molar-refractivity contribution in [1.29, 1.82) is 0 Å². The van der Waals surface area contributed by atoms with Gasteiger partial charge < -0.3 is 5.73 Å². The Labute approximate surface area is 122 Å². The SMILES string of the molecule is CCC(c1ccccn1)n1c(=O)c(N)cc2ccccc21. The zero-order chi connectivity index (χ0) is 14.8. The van der Waals surface area contributed by atoms with Crippen molar-refractivity contribution in [2.45, 2.75) is 19.4 Å². The fraction of sp³-hybridized carbons (Fsp3) is 0.176. The number of hydrogen-bond acceptors (Lipinski definition) is 3. The van der Waals surface area contributed by atoms with Crippen LogP contribution in [0.2, 0.25) is 0 Å². The highest BCUT2D eigenvalue weighted by Crippen LogP contribution is 2.24. The molecule has 21 heavy (non-hydrogen) atoms. The summed E-state index contributed by atoms with van der Waals surface area (Å²) in [6.45, 7) is 2.05. The van der Waals surface area contributed by atoms with Crippen LogP contribution in [0.5, 0.6) is 0 Å². The first-order valence-corrected chi connectivity index (χ1v) is 7.03. The fourth-order valence-corrected chi connectivity index (χ4v) is 2.71. The Morgan fingerprint density at radius 2 is 1.95 bits per heavy atom. The molecule has 1 atom stereocenters. The van der Waals surface area contributed by atoms with E-state index >= 15 is 0 Å². The van der Waals surface area contributed by atoms with E-state index in [4.69, 9.17) is 5.73 Å². The van der Waals surface area contributed by atoms with Gasteiger partial charge in [-0.05, 0) is 30.7 Å². The Balaban J connectivity index is 2.32. The van der Waals surface area contributed by atoms with Crippen LogP contribution in [0.25, 0.3) is 10.9 Å². The molecule has 0 aliphatic carbocycles. The third kappa shape index (κ3) is 2.29. The summed E-state index contributed by atoms with van der Waals surface area (Å²) >= 11 is 0. The summed E-state index contributed by atoms with van der Waals surface area (Å²) in [5.74, 6) is 0. The molecule has 1 aromatic carbocycles. The van der Waals surface area contributed by atoms with E-state index in [1.165, 1.54) is 0 Å². The molecule has 0 spiro atoms. The van der Waals surface area contributed by atoms with Crippen LogP contribution in [-0.2, 0) is 0 Å². The number of aromatic nitrogens is 2. The van der Waals surface area contributed by atoms with Gasteiger partial charge in [0.1, 0.15) is 0 Å². The molecular formula is C17H17N3O. The van der Waals surface area contributed by atoms with E-state index in [0.29, 0.717) is 0 Å². The van der Waals surface area contributed by atoms with E-state index in [1.807, 2.05) is 49.4 Å². The van der Waals surface area contributed by atoms with Gasteiger partial charge in [-0.2, -0.15) is 0 Å². The molecule has 4 heteroatoms. The molecular weight excluding hydrogens is 262 g/mol. The molecule has 3 aromatic rings. The van der Waals surface area contributed by atoms with Crippen LogP contribution in [0.4, 0.5) is 5.69 Å². The second-order valence-electron chi connectivity index (χ2n) is 5.01. The number of para-hydroxylation sites is 1. The lowest BCUT2D eigenvalue weighted by atomic mass is 10.1. The van der Waals surface area contributed by atoms with Gasteiger partial charge in [-0.15, -0.1) is 0 Å². The van der Waals surface area contributed by atoms with Crippen LogP contribution < -0.4 is 11.3 Å². The zero-order valence-corrected chi connectivity index (χ0v) is 11.9. The number of rotatable bonds is 3. The lowest BCUT2D eigenvalue weighted by Crippen LogP contribution is -2.28. The Kier molecular flexibility index (Phi) is 3.44. The molecule has 0 bridgehead atoms. The first-order chi connectivity index (χ1) is 10.2. The van der Waals surface area contributed by atoms with E-state index in [2.05, 4.69) is 4.98 Å². The van der Waals surface area contributed by atoms with E-state index in [1.54, 1.807) is 16.8 Å². The summed E-state index contributed by atoms with van der Waals surface area (Å²) in [6.07, 6.45) is 2.52. The van der Waals surface area contributed by atoms with Gasteiger partial charge in [-0.1, -0.05) is 31.2 Å². The van der Waals surface area contributed by atoms with Crippen molar-refractivity contribution in [3.8, 4) is 0 Å².